The van der Waals surface area contributed by atoms with E-state index in [0.29, 0.717) is 24.0 Å². The van der Waals surface area contributed by atoms with Gasteiger partial charge in [-0.3, -0.25) is 4.57 Å². The summed E-state index contributed by atoms with van der Waals surface area (Å²) in [6.07, 6.45) is 7.53. The van der Waals surface area contributed by atoms with Gasteiger partial charge in [0.1, 0.15) is 22.3 Å². The first kappa shape index (κ1) is 42.3. The van der Waals surface area contributed by atoms with Gasteiger partial charge in [-0.05, 0) is 77.4 Å². The number of benzene rings is 9. The van der Waals surface area contributed by atoms with Crippen molar-refractivity contribution in [2.75, 3.05) is 0 Å². The molecule has 0 spiro atoms. The van der Waals surface area contributed by atoms with E-state index < -0.39 is 0 Å². The highest BCUT2D eigenvalue weighted by molar-refractivity contribution is 6.14. The second-order valence-corrected chi connectivity index (χ2v) is 18.3. The molecule has 0 N–H and O–H groups in total. The van der Waals surface area contributed by atoms with Crippen LogP contribution < -0.4 is 0 Å². The van der Waals surface area contributed by atoms with Crippen LogP contribution in [0.1, 0.15) is 25.1 Å². The van der Waals surface area contributed by atoms with Crippen LogP contribution in [0.4, 0.5) is 0 Å². The molecule has 1 aliphatic carbocycles. The normalized spacial score (nSPS) is 12.5. The van der Waals surface area contributed by atoms with Crippen molar-refractivity contribution in [3.05, 3.63) is 230 Å². The van der Waals surface area contributed by atoms with Crippen LogP contribution in [0.2, 0.25) is 0 Å². The molecule has 15 rings (SSSR count). The van der Waals surface area contributed by atoms with Crippen molar-refractivity contribution >= 4 is 88.4 Å². The maximum atomic E-state index is 6.42. The SMILES string of the molecule is C1=CC(n2c3ccccc3c3ccccc32)=Cc2c(n(-c3nc(-c4ccccc4)nc(-c4ccc5c(c4)oc4ccccc45)n3)c3c(-c4cccc(-c5cccc6oc7ccccc7c56)c4)cccc23)C1.CC. The first-order chi connectivity index (χ1) is 36.2. The summed E-state index contributed by atoms with van der Waals surface area (Å²) < 4.78 is 17.5. The van der Waals surface area contributed by atoms with Crippen molar-refractivity contribution in [1.82, 2.24) is 24.1 Å². The van der Waals surface area contributed by atoms with E-state index in [4.69, 9.17) is 23.8 Å². The van der Waals surface area contributed by atoms with Crippen LogP contribution in [0.25, 0.3) is 139 Å². The molecule has 5 aromatic heterocycles. The number of hydrogen-bond donors (Lipinski definition) is 0. The molecular formula is C66H45N5O2. The number of nitrogens with zero attached hydrogens (tertiary/aromatic N) is 5. The Morgan fingerprint density at radius 1 is 0.411 bits per heavy atom. The van der Waals surface area contributed by atoms with Crippen LogP contribution in [-0.2, 0) is 6.42 Å². The van der Waals surface area contributed by atoms with Gasteiger partial charge >= 0.3 is 0 Å². The van der Waals surface area contributed by atoms with Crippen molar-refractivity contribution in [1.29, 1.82) is 0 Å². The Balaban J connectivity index is 0.00000244. The molecule has 7 nitrogen and oxygen atoms in total. The molecule has 73 heavy (non-hydrogen) atoms. The zero-order valence-corrected chi connectivity index (χ0v) is 40.1. The average Bonchev–Trinajstić information content (AvgIpc) is 4.19. The van der Waals surface area contributed by atoms with Crippen LogP contribution in [0.15, 0.2) is 227 Å². The van der Waals surface area contributed by atoms with Crippen LogP contribution in [0.5, 0.6) is 0 Å². The number of furan rings is 2. The Bertz CT molecular complexity index is 4510. The molecule has 0 amide bonds. The van der Waals surface area contributed by atoms with Crippen molar-refractivity contribution in [2.24, 2.45) is 0 Å². The summed E-state index contributed by atoms with van der Waals surface area (Å²) in [7, 11) is 0. The topological polar surface area (TPSA) is 74.8 Å². The van der Waals surface area contributed by atoms with Crippen LogP contribution in [0.3, 0.4) is 0 Å². The summed E-state index contributed by atoms with van der Waals surface area (Å²) in [4.78, 5) is 16.1. The van der Waals surface area contributed by atoms with Gasteiger partial charge in [0.25, 0.3) is 0 Å². The molecule has 0 saturated carbocycles. The lowest BCUT2D eigenvalue weighted by Gasteiger charge is -2.15. The van der Waals surface area contributed by atoms with Gasteiger partial charge in [-0.25, -0.2) is 4.98 Å². The third-order valence-corrected chi connectivity index (χ3v) is 14.2. The number of aromatic nitrogens is 5. The quantitative estimate of drug-likeness (QED) is 0.166. The van der Waals surface area contributed by atoms with Gasteiger partial charge in [-0.2, -0.15) is 9.97 Å². The van der Waals surface area contributed by atoms with Gasteiger partial charge in [0.05, 0.1) is 16.6 Å². The number of para-hydroxylation sites is 5. The summed E-state index contributed by atoms with van der Waals surface area (Å²) in [6, 6.07) is 72.1. The van der Waals surface area contributed by atoms with E-state index in [1.165, 1.54) is 10.8 Å². The van der Waals surface area contributed by atoms with Crippen molar-refractivity contribution in [3.63, 3.8) is 0 Å². The lowest BCUT2D eigenvalue weighted by atomic mass is 9.95. The highest BCUT2D eigenvalue weighted by Gasteiger charge is 2.26. The summed E-state index contributed by atoms with van der Waals surface area (Å²) >= 11 is 0. The van der Waals surface area contributed by atoms with Crippen LogP contribution in [0, 0.1) is 0 Å². The Morgan fingerprint density at radius 3 is 1.75 bits per heavy atom. The standard InChI is InChI=1S/C64H39N5O2.C2H6/c1-2-16-39(17-3-1)62-65-63(42-34-35-49-48-23-6-10-31-56(48)71-59(49)37-42)67-64(66-62)69-55-30-13-20-43(68-53-28-8-4-21-46(53)47-22-5-9-29-54(47)68)38-52(55)50-27-14-26-45(61(50)69)41-19-12-18-40(36-41)44-25-15-33-58-60(44)51-24-7-11-32-57(51)70-58;1-2/h1-29,31-38H,30H2;1-2H3. The predicted octanol–water partition coefficient (Wildman–Crippen LogP) is 17.5. The second-order valence-electron chi connectivity index (χ2n) is 18.3. The van der Waals surface area contributed by atoms with Crippen LogP contribution >= 0.6 is 0 Å². The number of hydrogen-bond acceptors (Lipinski definition) is 5. The first-order valence-electron chi connectivity index (χ1n) is 25.0. The number of rotatable bonds is 6. The summed E-state index contributed by atoms with van der Waals surface area (Å²) in [5.41, 5.74) is 16.0. The summed E-state index contributed by atoms with van der Waals surface area (Å²) in [6.45, 7) is 4.00. The Kier molecular flexibility index (Phi) is 9.89. The van der Waals surface area contributed by atoms with Gasteiger partial charge in [0.15, 0.2) is 11.6 Å². The molecule has 0 unspecified atom stereocenters. The first-order valence-corrected chi connectivity index (χ1v) is 25.0. The Morgan fingerprint density at radius 2 is 0.973 bits per heavy atom. The molecular weight excluding hydrogens is 895 g/mol. The van der Waals surface area contributed by atoms with Gasteiger partial charge in [-0.15, -0.1) is 0 Å². The molecule has 346 valence electrons. The minimum atomic E-state index is 0.533. The molecule has 0 fully saturated rings. The Hall–Kier alpha value is -9.59. The minimum Gasteiger partial charge on any atom is -0.456 e. The molecule has 1 aliphatic rings. The number of fused-ring (bicyclic) bond motifs is 12. The Labute approximate surface area is 420 Å². The molecule has 0 atom stereocenters. The average molecular weight is 940 g/mol. The fraction of sp³-hybridized carbons (Fsp3) is 0.0455. The van der Waals surface area contributed by atoms with Gasteiger partial charge in [0, 0.05) is 77.8 Å². The lowest BCUT2D eigenvalue weighted by Crippen LogP contribution is -2.09. The lowest BCUT2D eigenvalue weighted by molar-refractivity contribution is 0.668. The van der Waals surface area contributed by atoms with E-state index in [9.17, 15) is 0 Å². The van der Waals surface area contributed by atoms with E-state index in [-0.39, 0.29) is 0 Å². The van der Waals surface area contributed by atoms with E-state index >= 15 is 0 Å². The second kappa shape index (κ2) is 17.1. The fourth-order valence-electron chi connectivity index (χ4n) is 11.1. The molecule has 5 heterocycles. The van der Waals surface area contributed by atoms with Crippen molar-refractivity contribution in [2.45, 2.75) is 20.3 Å². The number of allylic oxidation sites excluding steroid dienone is 3. The minimum absolute atomic E-state index is 0.533. The smallest absolute Gasteiger partial charge is 0.238 e. The van der Waals surface area contributed by atoms with Gasteiger partial charge in [0.2, 0.25) is 5.95 Å². The molecule has 0 bridgehead atoms. The van der Waals surface area contributed by atoms with E-state index in [1.54, 1.807) is 0 Å². The molecule has 9 aromatic carbocycles. The monoisotopic (exact) mass is 939 g/mol. The van der Waals surface area contributed by atoms with Gasteiger partial charge < -0.3 is 13.4 Å². The van der Waals surface area contributed by atoms with E-state index in [1.807, 2.05) is 62.4 Å². The van der Waals surface area contributed by atoms with Crippen LogP contribution in [-0.4, -0.2) is 24.1 Å². The largest absolute Gasteiger partial charge is 0.456 e. The third-order valence-electron chi connectivity index (χ3n) is 14.2. The van der Waals surface area contributed by atoms with E-state index in [0.717, 1.165) is 116 Å². The molecule has 7 heteroatoms. The molecule has 0 radical (unpaired) electrons. The predicted molar refractivity (Wildman–Crippen MR) is 301 cm³/mol. The van der Waals surface area contributed by atoms with Gasteiger partial charge in [-0.1, -0.05) is 178 Å². The zero-order chi connectivity index (χ0) is 48.6. The fourth-order valence-corrected chi connectivity index (χ4v) is 11.1. The highest BCUT2D eigenvalue weighted by Crippen LogP contribution is 2.43. The third kappa shape index (κ3) is 6.77. The van der Waals surface area contributed by atoms with Crippen molar-refractivity contribution < 1.29 is 8.83 Å². The summed E-state index contributed by atoms with van der Waals surface area (Å²) in [5.74, 6) is 1.67. The summed E-state index contributed by atoms with van der Waals surface area (Å²) in [5, 5.41) is 7.86. The maximum Gasteiger partial charge on any atom is 0.238 e. The molecule has 0 saturated heterocycles. The molecule has 14 aromatic rings. The van der Waals surface area contributed by atoms with Crippen molar-refractivity contribution in [3.8, 4) is 51.0 Å². The highest BCUT2D eigenvalue weighted by atomic mass is 16.3. The maximum absolute atomic E-state index is 6.42. The zero-order valence-electron chi connectivity index (χ0n) is 40.1. The van der Waals surface area contributed by atoms with E-state index in [2.05, 4.69) is 185 Å². The molecule has 0 aliphatic heterocycles.